The van der Waals surface area contributed by atoms with Crippen molar-refractivity contribution in [2.24, 2.45) is 28.4 Å². The molecule has 0 aliphatic heterocycles. The summed E-state index contributed by atoms with van der Waals surface area (Å²) in [6, 6.07) is 12.3. The molecule has 3 atom stereocenters. The van der Waals surface area contributed by atoms with Gasteiger partial charge in [-0.25, -0.2) is 0 Å². The van der Waals surface area contributed by atoms with Crippen LogP contribution in [0.4, 0.5) is 8.78 Å². The van der Waals surface area contributed by atoms with Crippen molar-refractivity contribution in [3.8, 4) is 24.0 Å². The van der Waals surface area contributed by atoms with E-state index in [2.05, 4.69) is 26.8 Å². The van der Waals surface area contributed by atoms with Crippen LogP contribution in [0.5, 0.6) is 5.75 Å². The minimum atomic E-state index is -3.06. The maximum absolute atomic E-state index is 13.1. The number of hydrogen-bond donors (Lipinski definition) is 1. The zero-order valence-corrected chi connectivity index (χ0v) is 17.7. The van der Waals surface area contributed by atoms with Gasteiger partial charge in [-0.3, -0.25) is 0 Å². The van der Waals surface area contributed by atoms with E-state index in [1.54, 1.807) is 18.2 Å². The summed E-state index contributed by atoms with van der Waals surface area (Å²) in [7, 11) is 0. The second-order valence-electron chi connectivity index (χ2n) is 9.13. The van der Waals surface area contributed by atoms with E-state index in [9.17, 15) is 24.6 Å². The van der Waals surface area contributed by atoms with Crippen LogP contribution < -0.4 is 10.5 Å². The van der Waals surface area contributed by atoms with E-state index in [1.807, 2.05) is 18.2 Å². The van der Waals surface area contributed by atoms with Crippen molar-refractivity contribution in [2.75, 3.05) is 0 Å². The van der Waals surface area contributed by atoms with E-state index in [4.69, 9.17) is 10.5 Å². The molecule has 31 heavy (non-hydrogen) atoms. The number of nitrogens with zero attached hydrogens (tertiary/aromatic N) is 3. The molecular weight excluding hydrogens is 398 g/mol. The number of rotatable bonds is 3. The highest BCUT2D eigenvalue weighted by atomic mass is 19.3. The quantitative estimate of drug-likeness (QED) is 0.724. The maximum Gasteiger partial charge on any atom is 0.387 e. The van der Waals surface area contributed by atoms with Gasteiger partial charge in [0.1, 0.15) is 11.8 Å². The van der Waals surface area contributed by atoms with Crippen LogP contribution in [0.2, 0.25) is 0 Å². The van der Waals surface area contributed by atoms with Gasteiger partial charge in [-0.1, -0.05) is 45.0 Å². The minimum Gasteiger partial charge on any atom is -0.435 e. The van der Waals surface area contributed by atoms with Crippen LogP contribution >= 0.6 is 0 Å². The summed E-state index contributed by atoms with van der Waals surface area (Å²) >= 11 is 0. The molecule has 0 spiro atoms. The average Bonchev–Trinajstić information content (AvgIpc) is 2.72. The van der Waals surface area contributed by atoms with Gasteiger partial charge < -0.3 is 10.5 Å². The van der Waals surface area contributed by atoms with Crippen molar-refractivity contribution in [2.45, 2.75) is 46.1 Å². The Kier molecular flexibility index (Phi) is 5.79. The summed E-state index contributed by atoms with van der Waals surface area (Å²) in [5.74, 6) is -1.16. The number of para-hydroxylation sites is 1. The number of fused-ring (bicyclic) bond motifs is 1. The molecule has 0 unspecified atom stereocenters. The fraction of sp³-hybridized carbons (Fsp3) is 0.458. The van der Waals surface area contributed by atoms with Gasteiger partial charge in [0.15, 0.2) is 5.41 Å². The summed E-state index contributed by atoms with van der Waals surface area (Å²) in [5.41, 5.74) is 5.34. The van der Waals surface area contributed by atoms with Gasteiger partial charge in [-0.2, -0.15) is 24.6 Å². The first-order chi connectivity index (χ1) is 14.6. The number of benzene rings is 1. The third kappa shape index (κ3) is 3.64. The second kappa shape index (κ2) is 8.05. The summed E-state index contributed by atoms with van der Waals surface area (Å²) in [6.45, 7) is 3.27. The number of nitriles is 3. The molecule has 0 amide bonds. The Balaban J connectivity index is 2.32. The highest BCUT2D eigenvalue weighted by Crippen LogP contribution is 2.59. The minimum absolute atomic E-state index is 0.0625. The average molecular weight is 422 g/mol. The van der Waals surface area contributed by atoms with Crippen molar-refractivity contribution in [3.63, 3.8) is 0 Å². The molecule has 1 aromatic rings. The van der Waals surface area contributed by atoms with Crippen LogP contribution in [-0.2, 0) is 0 Å². The fourth-order valence-electron chi connectivity index (χ4n) is 4.88. The lowest BCUT2D eigenvalue weighted by Crippen LogP contribution is -2.44. The summed E-state index contributed by atoms with van der Waals surface area (Å²) in [4.78, 5) is 0. The molecule has 0 heterocycles. The van der Waals surface area contributed by atoms with Crippen LogP contribution in [0.25, 0.3) is 0 Å². The van der Waals surface area contributed by atoms with Gasteiger partial charge >= 0.3 is 6.61 Å². The number of allylic oxidation sites excluding steroid dienone is 4. The third-order valence-electron chi connectivity index (χ3n) is 6.57. The van der Waals surface area contributed by atoms with Gasteiger partial charge in [0, 0.05) is 11.5 Å². The third-order valence-corrected chi connectivity index (χ3v) is 6.57. The van der Waals surface area contributed by atoms with E-state index in [0.29, 0.717) is 17.6 Å². The Morgan fingerprint density at radius 3 is 2.35 bits per heavy atom. The fourth-order valence-corrected chi connectivity index (χ4v) is 4.88. The lowest BCUT2D eigenvalue weighted by atomic mass is 9.54. The molecule has 3 rings (SSSR count). The van der Waals surface area contributed by atoms with Gasteiger partial charge in [-0.15, -0.1) is 0 Å². The van der Waals surface area contributed by atoms with Crippen molar-refractivity contribution in [3.05, 3.63) is 52.7 Å². The normalized spacial score (nSPS) is 25.0. The molecule has 2 N–H and O–H groups in total. The SMILES string of the molecule is CC(C)(C)[C@@H]1CC=C2C(C#N)=C(N)C(C#N)(C#N)[C@H](c3ccccc3OC(F)F)[C@@H]2C1. The van der Waals surface area contributed by atoms with Gasteiger partial charge in [-0.05, 0) is 41.7 Å². The zero-order valence-electron chi connectivity index (χ0n) is 17.7. The molecule has 0 aromatic heterocycles. The number of ether oxygens (including phenoxy) is 1. The predicted octanol–water partition coefficient (Wildman–Crippen LogP) is 5.15. The van der Waals surface area contributed by atoms with Gasteiger partial charge in [0.05, 0.1) is 23.4 Å². The first-order valence-corrected chi connectivity index (χ1v) is 10.1. The Morgan fingerprint density at radius 2 is 1.81 bits per heavy atom. The lowest BCUT2D eigenvalue weighted by molar-refractivity contribution is -0.0510. The van der Waals surface area contributed by atoms with Crippen molar-refractivity contribution in [1.82, 2.24) is 0 Å². The summed E-state index contributed by atoms with van der Waals surface area (Å²) < 4.78 is 31.0. The number of alkyl halides is 2. The highest BCUT2D eigenvalue weighted by molar-refractivity contribution is 5.60. The molecule has 7 heteroatoms. The predicted molar refractivity (Wildman–Crippen MR) is 110 cm³/mol. The topological polar surface area (TPSA) is 107 Å². The van der Waals surface area contributed by atoms with E-state index in [0.717, 1.165) is 6.42 Å². The first-order valence-electron chi connectivity index (χ1n) is 10.1. The second-order valence-corrected chi connectivity index (χ2v) is 9.13. The monoisotopic (exact) mass is 422 g/mol. The molecule has 160 valence electrons. The van der Waals surface area contributed by atoms with Crippen LogP contribution in [0.3, 0.4) is 0 Å². The van der Waals surface area contributed by atoms with Gasteiger partial charge in [0.2, 0.25) is 0 Å². The summed E-state index contributed by atoms with van der Waals surface area (Å²) in [6.07, 6.45) is 3.27. The molecule has 0 saturated heterocycles. The Bertz CT molecular complexity index is 1050. The van der Waals surface area contributed by atoms with E-state index >= 15 is 0 Å². The van der Waals surface area contributed by atoms with Crippen molar-refractivity contribution < 1.29 is 13.5 Å². The Morgan fingerprint density at radius 1 is 1.16 bits per heavy atom. The summed E-state index contributed by atoms with van der Waals surface area (Å²) in [5, 5.41) is 30.1. The highest BCUT2D eigenvalue weighted by Gasteiger charge is 2.55. The Hall–Kier alpha value is -3.37. The maximum atomic E-state index is 13.1. The number of halogens is 2. The molecule has 2 aliphatic carbocycles. The van der Waals surface area contributed by atoms with Crippen molar-refractivity contribution in [1.29, 1.82) is 15.8 Å². The number of nitrogens with two attached hydrogens (primary N) is 1. The van der Waals surface area contributed by atoms with E-state index < -0.39 is 23.9 Å². The van der Waals surface area contributed by atoms with Crippen LogP contribution in [0, 0.1) is 56.7 Å². The molecule has 5 nitrogen and oxygen atoms in total. The van der Waals surface area contributed by atoms with Crippen molar-refractivity contribution >= 4 is 0 Å². The molecule has 1 aromatic carbocycles. The van der Waals surface area contributed by atoms with Crippen LogP contribution in [-0.4, -0.2) is 6.61 Å². The van der Waals surface area contributed by atoms with Crippen LogP contribution in [0.15, 0.2) is 47.2 Å². The first kappa shape index (κ1) is 22.3. The molecule has 0 fully saturated rings. The molecular formula is C24H24F2N4O. The standard InChI is InChI=1S/C24H24F2N4O/c1-23(2,3)14-8-9-15-17(10-14)20(16-6-4-5-7-19(16)31-22(25)26)24(12-28,13-29)21(30)18(15)11-27/h4-7,9,14,17,20,22H,8,10,30H2,1-3H3/t14-,17-,20-/m1/s1. The Labute approximate surface area is 181 Å². The van der Waals surface area contributed by atoms with E-state index in [1.165, 1.54) is 6.07 Å². The lowest BCUT2D eigenvalue weighted by Gasteiger charge is -2.47. The molecule has 0 radical (unpaired) electrons. The molecule has 0 saturated carbocycles. The smallest absolute Gasteiger partial charge is 0.387 e. The largest absolute Gasteiger partial charge is 0.435 e. The zero-order chi connectivity index (χ0) is 23.0. The van der Waals surface area contributed by atoms with Crippen LogP contribution in [0.1, 0.15) is 45.1 Å². The van der Waals surface area contributed by atoms with E-state index in [-0.39, 0.29) is 28.4 Å². The molecule has 2 aliphatic rings. The molecule has 0 bridgehead atoms. The number of hydrogen-bond acceptors (Lipinski definition) is 5. The van der Waals surface area contributed by atoms with Gasteiger partial charge in [0.25, 0.3) is 0 Å².